The number of nitrogens with two attached hydrogens (primary N) is 1. The van der Waals surface area contributed by atoms with Gasteiger partial charge in [-0.3, -0.25) is 0 Å². The molecule has 0 saturated heterocycles. The van der Waals surface area contributed by atoms with Gasteiger partial charge in [0, 0.05) is 5.02 Å². The lowest BCUT2D eigenvalue weighted by Gasteiger charge is -2.05. The topological polar surface area (TPSA) is 66.0 Å². The number of halogens is 1. The van der Waals surface area contributed by atoms with Crippen LogP contribution in [0.4, 0.5) is 5.82 Å². The molecule has 84 valence electrons. The smallest absolute Gasteiger partial charge is 0.165 e. The summed E-state index contributed by atoms with van der Waals surface area (Å²) in [6.07, 6.45) is 1.65. The Morgan fingerprint density at radius 2 is 2.31 bits per heavy atom. The first-order valence-electron chi connectivity index (χ1n) is 4.78. The molecule has 2 rings (SSSR count). The van der Waals surface area contributed by atoms with Gasteiger partial charge in [-0.05, 0) is 18.2 Å². The van der Waals surface area contributed by atoms with Crippen LogP contribution in [0.25, 0.3) is 0 Å². The van der Waals surface area contributed by atoms with Crippen molar-refractivity contribution in [3.05, 3.63) is 35.5 Å². The number of hydrogen-bond acceptors (Lipinski definition) is 4. The van der Waals surface area contributed by atoms with E-state index in [2.05, 4.69) is 10.3 Å². The van der Waals surface area contributed by atoms with E-state index in [0.29, 0.717) is 24.0 Å². The van der Waals surface area contributed by atoms with Crippen LogP contribution in [0.3, 0.4) is 0 Å². The lowest BCUT2D eigenvalue weighted by molar-refractivity contribution is 0.290. The van der Waals surface area contributed by atoms with Crippen molar-refractivity contribution < 1.29 is 4.74 Å². The van der Waals surface area contributed by atoms with E-state index in [1.807, 2.05) is 12.1 Å². The van der Waals surface area contributed by atoms with Crippen LogP contribution in [-0.4, -0.2) is 21.6 Å². The van der Waals surface area contributed by atoms with E-state index in [1.54, 1.807) is 23.0 Å². The molecular formula is C10H11ClN4O. The highest BCUT2D eigenvalue weighted by Gasteiger charge is 1.98. The monoisotopic (exact) mass is 238 g/mol. The molecule has 0 aliphatic heterocycles. The molecule has 0 amide bonds. The number of nitrogens with zero attached hydrogens (tertiary/aromatic N) is 3. The van der Waals surface area contributed by atoms with E-state index in [1.165, 1.54) is 0 Å². The quantitative estimate of drug-likeness (QED) is 0.879. The van der Waals surface area contributed by atoms with Crippen LogP contribution >= 0.6 is 11.6 Å². The van der Waals surface area contributed by atoms with Gasteiger partial charge in [0.1, 0.15) is 12.4 Å². The zero-order valence-corrected chi connectivity index (χ0v) is 9.26. The summed E-state index contributed by atoms with van der Waals surface area (Å²) in [5, 5.41) is 8.13. The standard InChI is InChI=1S/C10H11ClN4O/c11-8-2-1-3-9(6-8)16-5-4-15-7-10(12)13-14-15/h1-3,6-7H,4-5,12H2. The Morgan fingerprint density at radius 3 is 3.00 bits per heavy atom. The van der Waals surface area contributed by atoms with Crippen LogP contribution < -0.4 is 10.5 Å². The third-order valence-corrected chi connectivity index (χ3v) is 2.18. The van der Waals surface area contributed by atoms with Crippen LogP contribution in [0.5, 0.6) is 5.75 Å². The van der Waals surface area contributed by atoms with Crippen molar-refractivity contribution in [3.8, 4) is 5.75 Å². The largest absolute Gasteiger partial charge is 0.492 e. The summed E-state index contributed by atoms with van der Waals surface area (Å²) in [5.41, 5.74) is 5.43. The summed E-state index contributed by atoms with van der Waals surface area (Å²) in [6, 6.07) is 7.25. The predicted octanol–water partition coefficient (Wildman–Crippen LogP) is 1.59. The Balaban J connectivity index is 1.84. The molecule has 0 atom stereocenters. The normalized spacial score (nSPS) is 10.3. The zero-order valence-electron chi connectivity index (χ0n) is 8.51. The van der Waals surface area contributed by atoms with Gasteiger partial charge in [0.2, 0.25) is 0 Å². The Hall–Kier alpha value is -1.75. The number of nitrogen functional groups attached to an aromatic ring is 1. The van der Waals surface area contributed by atoms with Gasteiger partial charge in [-0.25, -0.2) is 4.68 Å². The lowest BCUT2D eigenvalue weighted by Crippen LogP contribution is -2.08. The third kappa shape index (κ3) is 2.87. The summed E-state index contributed by atoms with van der Waals surface area (Å²) >= 11 is 5.82. The average Bonchev–Trinajstić information content (AvgIpc) is 2.64. The van der Waals surface area contributed by atoms with Crippen molar-refractivity contribution in [3.63, 3.8) is 0 Å². The van der Waals surface area contributed by atoms with E-state index in [4.69, 9.17) is 22.1 Å². The molecule has 1 aromatic heterocycles. The van der Waals surface area contributed by atoms with Crippen molar-refractivity contribution in [2.24, 2.45) is 0 Å². The molecule has 1 aromatic carbocycles. The second kappa shape index (κ2) is 4.85. The molecule has 0 bridgehead atoms. The molecule has 16 heavy (non-hydrogen) atoms. The van der Waals surface area contributed by atoms with Crippen LogP contribution in [0.2, 0.25) is 5.02 Å². The minimum atomic E-state index is 0.405. The van der Waals surface area contributed by atoms with E-state index < -0.39 is 0 Å². The molecule has 0 aliphatic rings. The first-order chi connectivity index (χ1) is 7.74. The maximum absolute atomic E-state index is 5.82. The number of anilines is 1. The molecule has 0 spiro atoms. The number of ether oxygens (including phenoxy) is 1. The maximum Gasteiger partial charge on any atom is 0.165 e. The first-order valence-corrected chi connectivity index (χ1v) is 5.16. The van der Waals surface area contributed by atoms with Gasteiger partial charge in [-0.2, -0.15) is 0 Å². The second-order valence-electron chi connectivity index (χ2n) is 3.21. The van der Waals surface area contributed by atoms with Gasteiger partial charge in [-0.1, -0.05) is 22.9 Å². The van der Waals surface area contributed by atoms with Crippen molar-refractivity contribution >= 4 is 17.4 Å². The van der Waals surface area contributed by atoms with Crippen LogP contribution in [0, 0.1) is 0 Å². The third-order valence-electron chi connectivity index (χ3n) is 1.94. The van der Waals surface area contributed by atoms with E-state index in [-0.39, 0.29) is 0 Å². The minimum absolute atomic E-state index is 0.405. The van der Waals surface area contributed by atoms with E-state index >= 15 is 0 Å². The highest BCUT2D eigenvalue weighted by atomic mass is 35.5. The molecule has 2 N–H and O–H groups in total. The van der Waals surface area contributed by atoms with Gasteiger partial charge >= 0.3 is 0 Å². The Labute approximate surface area is 97.8 Å². The molecule has 0 unspecified atom stereocenters. The molecule has 0 aliphatic carbocycles. The molecule has 5 nitrogen and oxygen atoms in total. The van der Waals surface area contributed by atoms with Gasteiger partial charge < -0.3 is 10.5 Å². The van der Waals surface area contributed by atoms with E-state index in [0.717, 1.165) is 5.75 Å². The summed E-state index contributed by atoms with van der Waals surface area (Å²) in [4.78, 5) is 0. The van der Waals surface area contributed by atoms with Crippen molar-refractivity contribution in [1.82, 2.24) is 15.0 Å². The van der Waals surface area contributed by atoms with Crippen LogP contribution in [0.1, 0.15) is 0 Å². The molecule has 0 fully saturated rings. The Morgan fingerprint density at radius 1 is 1.44 bits per heavy atom. The lowest BCUT2D eigenvalue weighted by atomic mass is 10.3. The van der Waals surface area contributed by atoms with Gasteiger partial charge in [-0.15, -0.1) is 5.10 Å². The number of benzene rings is 1. The Bertz CT molecular complexity index is 471. The van der Waals surface area contributed by atoms with Gasteiger partial charge in [0.15, 0.2) is 5.82 Å². The highest BCUT2D eigenvalue weighted by Crippen LogP contribution is 2.16. The SMILES string of the molecule is Nc1cn(CCOc2cccc(Cl)c2)nn1. The summed E-state index contributed by atoms with van der Waals surface area (Å²) in [6.45, 7) is 1.08. The molecule has 0 saturated carbocycles. The fourth-order valence-corrected chi connectivity index (χ4v) is 1.42. The molecule has 2 aromatic rings. The van der Waals surface area contributed by atoms with Crippen LogP contribution in [-0.2, 0) is 6.54 Å². The summed E-state index contributed by atoms with van der Waals surface area (Å²) in [7, 11) is 0. The van der Waals surface area contributed by atoms with Crippen molar-refractivity contribution in [1.29, 1.82) is 0 Å². The van der Waals surface area contributed by atoms with E-state index in [9.17, 15) is 0 Å². The molecule has 0 radical (unpaired) electrons. The second-order valence-corrected chi connectivity index (χ2v) is 3.65. The average molecular weight is 239 g/mol. The zero-order chi connectivity index (χ0) is 11.4. The molecular weight excluding hydrogens is 228 g/mol. The molecule has 1 heterocycles. The van der Waals surface area contributed by atoms with Crippen molar-refractivity contribution in [2.75, 3.05) is 12.3 Å². The van der Waals surface area contributed by atoms with Gasteiger partial charge in [0.05, 0.1) is 12.7 Å². The Kier molecular flexibility index (Phi) is 3.26. The van der Waals surface area contributed by atoms with Crippen LogP contribution in [0.15, 0.2) is 30.5 Å². The number of aromatic nitrogens is 3. The fraction of sp³-hybridized carbons (Fsp3) is 0.200. The highest BCUT2D eigenvalue weighted by molar-refractivity contribution is 6.30. The fourth-order valence-electron chi connectivity index (χ4n) is 1.24. The van der Waals surface area contributed by atoms with Crippen molar-refractivity contribution in [2.45, 2.75) is 6.54 Å². The summed E-state index contributed by atoms with van der Waals surface area (Å²) in [5.74, 6) is 1.14. The summed E-state index contributed by atoms with van der Waals surface area (Å²) < 4.78 is 7.11. The van der Waals surface area contributed by atoms with Gasteiger partial charge in [0.25, 0.3) is 0 Å². The minimum Gasteiger partial charge on any atom is -0.492 e. The molecule has 6 heteroatoms. The maximum atomic E-state index is 5.82. The number of rotatable bonds is 4. The first kappa shape index (κ1) is 10.8. The predicted molar refractivity (Wildman–Crippen MR) is 61.4 cm³/mol. The number of hydrogen-bond donors (Lipinski definition) is 1.